The van der Waals surface area contributed by atoms with Crippen molar-refractivity contribution in [3.05, 3.63) is 35.4 Å². The fourth-order valence-electron chi connectivity index (χ4n) is 1.65. The molecule has 0 aliphatic heterocycles. The van der Waals surface area contributed by atoms with Crippen LogP contribution in [0.25, 0.3) is 0 Å². The molecular weight excluding hydrogens is 216 g/mol. The fraction of sp³-hybridized carbons (Fsp3) is 0.385. The number of nitrogens with zero attached hydrogens (tertiary/aromatic N) is 1. The summed E-state index contributed by atoms with van der Waals surface area (Å²) in [5.41, 5.74) is 1.99. The molecule has 0 fully saturated rings. The summed E-state index contributed by atoms with van der Waals surface area (Å²) in [7, 11) is 0. The zero-order valence-electron chi connectivity index (χ0n) is 10.4. The Bertz CT molecular complexity index is 410. The zero-order valence-corrected chi connectivity index (χ0v) is 10.4. The lowest BCUT2D eigenvalue weighted by atomic mass is 9.94. The topological polar surface area (TPSA) is 64.7 Å². The van der Waals surface area contributed by atoms with Crippen LogP contribution in [0.1, 0.15) is 30.9 Å². The maximum Gasteiger partial charge on any atom is 0.220 e. The Labute approximate surface area is 101 Å². The molecule has 1 rings (SSSR count). The van der Waals surface area contributed by atoms with Crippen LogP contribution in [0.3, 0.4) is 0 Å². The van der Waals surface area contributed by atoms with Gasteiger partial charge in [0, 0.05) is 0 Å². The third kappa shape index (κ3) is 3.31. The van der Waals surface area contributed by atoms with E-state index in [0.717, 1.165) is 11.1 Å². The van der Waals surface area contributed by atoms with Gasteiger partial charge in [-0.05, 0) is 26.3 Å². The standard InChI is InChI=1S/C13H18N2O2/c1-4-17-13(15-14)12(10(3)16)11-7-5-9(2)6-8-11/h5-8,12H,4,14H2,1-3H3. The lowest BCUT2D eigenvalue weighted by Crippen LogP contribution is -2.24. The number of carbonyl (C=O) groups excluding carboxylic acids is 1. The molecule has 4 nitrogen and oxygen atoms in total. The number of nitrogens with two attached hydrogens (primary N) is 1. The highest BCUT2D eigenvalue weighted by molar-refractivity contribution is 6.05. The van der Waals surface area contributed by atoms with Crippen LogP contribution in [0.5, 0.6) is 0 Å². The molecule has 0 aliphatic rings. The summed E-state index contributed by atoms with van der Waals surface area (Å²) in [6.45, 7) is 5.77. The van der Waals surface area contributed by atoms with Crippen LogP contribution >= 0.6 is 0 Å². The third-order valence-electron chi connectivity index (χ3n) is 2.48. The van der Waals surface area contributed by atoms with Crippen molar-refractivity contribution in [2.75, 3.05) is 6.61 Å². The van der Waals surface area contributed by atoms with Crippen molar-refractivity contribution < 1.29 is 9.53 Å². The summed E-state index contributed by atoms with van der Waals surface area (Å²) < 4.78 is 5.30. The molecule has 1 atom stereocenters. The molecule has 0 aliphatic carbocycles. The monoisotopic (exact) mass is 234 g/mol. The Hall–Kier alpha value is -1.84. The van der Waals surface area contributed by atoms with Crippen LogP contribution in [0, 0.1) is 6.92 Å². The molecule has 0 amide bonds. The minimum Gasteiger partial charge on any atom is -0.479 e. The average molecular weight is 234 g/mol. The number of hydrogen-bond acceptors (Lipinski definition) is 4. The molecule has 0 bridgehead atoms. The van der Waals surface area contributed by atoms with E-state index in [4.69, 9.17) is 10.6 Å². The summed E-state index contributed by atoms with van der Waals surface area (Å²) in [5, 5.41) is 3.57. The first-order valence-electron chi connectivity index (χ1n) is 5.57. The Morgan fingerprint density at radius 2 is 2.00 bits per heavy atom. The van der Waals surface area contributed by atoms with Crippen molar-refractivity contribution >= 4 is 11.7 Å². The van der Waals surface area contributed by atoms with Gasteiger partial charge in [-0.3, -0.25) is 4.79 Å². The highest BCUT2D eigenvalue weighted by atomic mass is 16.5. The number of Topliss-reactive ketones (excluding diaryl/α,β-unsaturated/α-hetero) is 1. The predicted octanol–water partition coefficient (Wildman–Crippen LogP) is 1.98. The van der Waals surface area contributed by atoms with Gasteiger partial charge in [0.05, 0.1) is 6.61 Å². The Kier molecular flexibility index (Phi) is 4.69. The zero-order chi connectivity index (χ0) is 12.8. The van der Waals surface area contributed by atoms with Gasteiger partial charge < -0.3 is 10.6 Å². The highest BCUT2D eigenvalue weighted by Gasteiger charge is 2.24. The van der Waals surface area contributed by atoms with Crippen LogP contribution < -0.4 is 5.84 Å². The number of hydrazone groups is 1. The largest absolute Gasteiger partial charge is 0.479 e. The Balaban J connectivity index is 3.08. The second kappa shape index (κ2) is 6.03. The second-order valence-electron chi connectivity index (χ2n) is 3.85. The third-order valence-corrected chi connectivity index (χ3v) is 2.48. The van der Waals surface area contributed by atoms with Gasteiger partial charge in [0.25, 0.3) is 0 Å². The quantitative estimate of drug-likeness (QED) is 0.375. The predicted molar refractivity (Wildman–Crippen MR) is 67.8 cm³/mol. The Morgan fingerprint density at radius 3 is 2.41 bits per heavy atom. The normalized spacial score (nSPS) is 13.2. The summed E-state index contributed by atoms with van der Waals surface area (Å²) in [5.74, 6) is 4.99. The Morgan fingerprint density at radius 1 is 1.41 bits per heavy atom. The van der Waals surface area contributed by atoms with Crippen molar-refractivity contribution in [2.45, 2.75) is 26.7 Å². The van der Waals surface area contributed by atoms with Crippen molar-refractivity contribution in [2.24, 2.45) is 10.9 Å². The molecule has 0 heterocycles. The van der Waals surface area contributed by atoms with E-state index < -0.39 is 5.92 Å². The molecule has 1 aromatic rings. The minimum absolute atomic E-state index is 0.0356. The lowest BCUT2D eigenvalue weighted by molar-refractivity contribution is -0.117. The van der Waals surface area contributed by atoms with Gasteiger partial charge in [0.15, 0.2) is 0 Å². The van der Waals surface area contributed by atoms with Crippen LogP contribution in [0.15, 0.2) is 29.4 Å². The van der Waals surface area contributed by atoms with Gasteiger partial charge >= 0.3 is 0 Å². The lowest BCUT2D eigenvalue weighted by Gasteiger charge is -2.16. The van der Waals surface area contributed by atoms with Gasteiger partial charge in [0.2, 0.25) is 5.90 Å². The maximum absolute atomic E-state index is 11.7. The highest BCUT2D eigenvalue weighted by Crippen LogP contribution is 2.20. The first-order valence-corrected chi connectivity index (χ1v) is 5.57. The summed E-state index contributed by atoms with van der Waals surface area (Å²) in [6, 6.07) is 7.69. The fourth-order valence-corrected chi connectivity index (χ4v) is 1.65. The van der Waals surface area contributed by atoms with Crippen LogP contribution in [0.2, 0.25) is 0 Å². The summed E-state index contributed by atoms with van der Waals surface area (Å²) in [6.07, 6.45) is 0. The van der Waals surface area contributed by atoms with E-state index in [1.54, 1.807) is 0 Å². The molecule has 1 aromatic carbocycles. The number of carbonyl (C=O) groups is 1. The number of ether oxygens (including phenoxy) is 1. The molecule has 4 heteroatoms. The second-order valence-corrected chi connectivity index (χ2v) is 3.85. The van der Waals surface area contributed by atoms with Crippen molar-refractivity contribution in [1.82, 2.24) is 0 Å². The SMILES string of the molecule is CCOC(=NN)C(C(C)=O)c1ccc(C)cc1. The van der Waals surface area contributed by atoms with E-state index in [0.29, 0.717) is 6.61 Å². The minimum atomic E-state index is -0.513. The summed E-state index contributed by atoms with van der Waals surface area (Å²) >= 11 is 0. The molecule has 0 aromatic heterocycles. The molecule has 0 saturated heterocycles. The number of rotatable bonds is 4. The van der Waals surface area contributed by atoms with E-state index in [-0.39, 0.29) is 11.7 Å². The van der Waals surface area contributed by atoms with Gasteiger partial charge in [-0.1, -0.05) is 29.8 Å². The number of benzene rings is 1. The molecule has 1 unspecified atom stereocenters. The van der Waals surface area contributed by atoms with Crippen molar-refractivity contribution in [3.8, 4) is 0 Å². The van der Waals surface area contributed by atoms with E-state index in [2.05, 4.69) is 5.10 Å². The van der Waals surface area contributed by atoms with Crippen LogP contribution in [-0.4, -0.2) is 18.3 Å². The van der Waals surface area contributed by atoms with Gasteiger partial charge in [0.1, 0.15) is 11.7 Å². The first-order chi connectivity index (χ1) is 8.10. The van der Waals surface area contributed by atoms with E-state index in [1.165, 1.54) is 6.92 Å². The van der Waals surface area contributed by atoms with Crippen molar-refractivity contribution in [1.29, 1.82) is 0 Å². The average Bonchev–Trinajstić information content (AvgIpc) is 2.30. The molecule has 0 radical (unpaired) electrons. The van der Waals surface area contributed by atoms with Crippen LogP contribution in [-0.2, 0) is 9.53 Å². The van der Waals surface area contributed by atoms with E-state index >= 15 is 0 Å². The molecule has 0 spiro atoms. The van der Waals surface area contributed by atoms with Gasteiger partial charge in [-0.2, -0.15) is 0 Å². The molecular formula is C13H18N2O2. The number of aryl methyl sites for hydroxylation is 1. The molecule has 0 saturated carbocycles. The van der Waals surface area contributed by atoms with Crippen molar-refractivity contribution in [3.63, 3.8) is 0 Å². The summed E-state index contributed by atoms with van der Waals surface area (Å²) in [4.78, 5) is 11.7. The maximum atomic E-state index is 11.7. The first kappa shape index (κ1) is 13.2. The smallest absolute Gasteiger partial charge is 0.220 e. The van der Waals surface area contributed by atoms with E-state index in [1.807, 2.05) is 38.1 Å². The molecule has 2 N–H and O–H groups in total. The number of hydrogen-bond donors (Lipinski definition) is 1. The van der Waals surface area contributed by atoms with Gasteiger partial charge in [-0.25, -0.2) is 0 Å². The van der Waals surface area contributed by atoms with E-state index in [9.17, 15) is 4.79 Å². The van der Waals surface area contributed by atoms with Crippen LogP contribution in [0.4, 0.5) is 0 Å². The number of ketones is 1. The molecule has 17 heavy (non-hydrogen) atoms. The van der Waals surface area contributed by atoms with Gasteiger partial charge in [-0.15, -0.1) is 5.10 Å². The molecule has 92 valence electrons.